The Labute approximate surface area is 77.1 Å². The van der Waals surface area contributed by atoms with E-state index in [1.807, 2.05) is 0 Å². The molecular formula is C12H22. The van der Waals surface area contributed by atoms with Crippen LogP contribution in [0.1, 0.15) is 52.9 Å². The van der Waals surface area contributed by atoms with Crippen LogP contribution in [-0.2, 0) is 0 Å². The summed E-state index contributed by atoms with van der Waals surface area (Å²) in [5.74, 6) is 0.975. The minimum absolute atomic E-state index is 0.696. The lowest BCUT2D eigenvalue weighted by Crippen LogP contribution is -2.35. The van der Waals surface area contributed by atoms with Gasteiger partial charge in [-0.25, -0.2) is 0 Å². The van der Waals surface area contributed by atoms with E-state index in [-0.39, 0.29) is 0 Å². The summed E-state index contributed by atoms with van der Waals surface area (Å²) in [6.45, 7) is 6.96. The molecule has 0 heteroatoms. The van der Waals surface area contributed by atoms with Crippen molar-refractivity contribution in [2.45, 2.75) is 52.9 Å². The maximum Gasteiger partial charge on any atom is -0.0300 e. The molecule has 1 fully saturated rings. The van der Waals surface area contributed by atoms with Gasteiger partial charge in [0.05, 0.1) is 0 Å². The summed E-state index contributed by atoms with van der Waals surface area (Å²) in [5.41, 5.74) is 0.696. The molecule has 0 aromatic carbocycles. The Balaban J connectivity index is 2.14. The highest BCUT2D eigenvalue weighted by molar-refractivity contribution is 4.90. The van der Waals surface area contributed by atoms with Gasteiger partial charge in [-0.05, 0) is 50.4 Å². The van der Waals surface area contributed by atoms with Crippen molar-refractivity contribution in [1.82, 2.24) is 0 Å². The third-order valence-electron chi connectivity index (χ3n) is 3.69. The van der Waals surface area contributed by atoms with Crippen molar-refractivity contribution < 1.29 is 0 Å². The highest BCUT2D eigenvalue weighted by atomic mass is 14.4. The predicted molar refractivity (Wildman–Crippen MR) is 55.2 cm³/mol. The fourth-order valence-corrected chi connectivity index (χ4v) is 2.09. The maximum atomic E-state index is 2.46. The Kier molecular flexibility index (Phi) is 3.37. The average molecular weight is 166 g/mol. The van der Waals surface area contributed by atoms with Gasteiger partial charge in [0, 0.05) is 0 Å². The molecule has 0 aliphatic heterocycles. The molecule has 0 heterocycles. The number of unbranched alkanes of at least 4 members (excludes halogenated alkanes) is 1. The molecule has 1 aliphatic rings. The zero-order chi connectivity index (χ0) is 9.03. The molecule has 70 valence electrons. The zero-order valence-electron chi connectivity index (χ0n) is 8.77. The molecule has 2 unspecified atom stereocenters. The summed E-state index contributed by atoms with van der Waals surface area (Å²) in [7, 11) is 0. The van der Waals surface area contributed by atoms with E-state index in [9.17, 15) is 0 Å². The topological polar surface area (TPSA) is 0 Å². The van der Waals surface area contributed by atoms with E-state index in [2.05, 4.69) is 32.9 Å². The molecule has 0 aromatic rings. The molecule has 0 nitrogen and oxygen atoms in total. The second kappa shape index (κ2) is 4.11. The molecule has 2 atom stereocenters. The molecule has 1 saturated carbocycles. The molecular weight excluding hydrogens is 144 g/mol. The summed E-state index contributed by atoms with van der Waals surface area (Å²) >= 11 is 0. The smallest absolute Gasteiger partial charge is 0.0300 e. The Hall–Kier alpha value is -0.260. The van der Waals surface area contributed by atoms with Crippen LogP contribution in [0, 0.1) is 11.3 Å². The minimum atomic E-state index is 0.696. The highest BCUT2D eigenvalue weighted by Gasteiger charge is 2.38. The largest absolute Gasteiger partial charge is 0.0917 e. The molecule has 0 amide bonds. The lowest BCUT2D eigenvalue weighted by Gasteiger charge is -2.45. The van der Waals surface area contributed by atoms with E-state index < -0.39 is 0 Å². The summed E-state index contributed by atoms with van der Waals surface area (Å²) in [5, 5.41) is 0. The van der Waals surface area contributed by atoms with Crippen molar-refractivity contribution in [3.05, 3.63) is 12.2 Å². The minimum Gasteiger partial charge on any atom is -0.0917 e. The van der Waals surface area contributed by atoms with Crippen molar-refractivity contribution >= 4 is 0 Å². The van der Waals surface area contributed by atoms with Crippen LogP contribution in [0.5, 0.6) is 0 Å². The highest BCUT2D eigenvalue weighted by Crippen LogP contribution is 2.49. The monoisotopic (exact) mass is 166 g/mol. The fourth-order valence-electron chi connectivity index (χ4n) is 2.09. The zero-order valence-corrected chi connectivity index (χ0v) is 8.77. The van der Waals surface area contributed by atoms with Crippen LogP contribution in [0.3, 0.4) is 0 Å². The van der Waals surface area contributed by atoms with Crippen LogP contribution in [0.4, 0.5) is 0 Å². The van der Waals surface area contributed by atoms with Crippen molar-refractivity contribution in [3.63, 3.8) is 0 Å². The first-order valence-electron chi connectivity index (χ1n) is 5.30. The predicted octanol–water partition coefficient (Wildman–Crippen LogP) is 4.17. The molecule has 1 aliphatic carbocycles. The van der Waals surface area contributed by atoms with E-state index in [1.165, 1.54) is 32.1 Å². The summed E-state index contributed by atoms with van der Waals surface area (Å²) < 4.78 is 0. The summed E-state index contributed by atoms with van der Waals surface area (Å²) in [6.07, 6.45) is 11.5. The van der Waals surface area contributed by atoms with Crippen LogP contribution in [0.2, 0.25) is 0 Å². The van der Waals surface area contributed by atoms with Gasteiger partial charge >= 0.3 is 0 Å². The van der Waals surface area contributed by atoms with Crippen LogP contribution in [0.15, 0.2) is 12.2 Å². The van der Waals surface area contributed by atoms with E-state index in [0.717, 1.165) is 5.92 Å². The second-order valence-corrected chi connectivity index (χ2v) is 4.56. The van der Waals surface area contributed by atoms with Crippen LogP contribution in [-0.4, -0.2) is 0 Å². The van der Waals surface area contributed by atoms with E-state index in [0.29, 0.717) is 5.41 Å². The molecule has 1 rings (SSSR count). The molecule has 0 bridgehead atoms. The van der Waals surface area contributed by atoms with Gasteiger partial charge in [-0.2, -0.15) is 0 Å². The SMILES string of the molecule is C/C=C/CCCC1(C)CCC1C. The van der Waals surface area contributed by atoms with Gasteiger partial charge in [-0.1, -0.05) is 26.0 Å². The van der Waals surface area contributed by atoms with E-state index in [4.69, 9.17) is 0 Å². The fraction of sp³-hybridized carbons (Fsp3) is 0.833. The Morgan fingerprint density at radius 3 is 2.67 bits per heavy atom. The lowest BCUT2D eigenvalue weighted by atomic mass is 9.60. The third kappa shape index (κ3) is 2.12. The maximum absolute atomic E-state index is 2.46. The Morgan fingerprint density at radius 2 is 2.25 bits per heavy atom. The summed E-state index contributed by atoms with van der Waals surface area (Å²) in [6, 6.07) is 0. The van der Waals surface area contributed by atoms with Crippen molar-refractivity contribution in [3.8, 4) is 0 Å². The molecule has 12 heavy (non-hydrogen) atoms. The van der Waals surface area contributed by atoms with Gasteiger partial charge in [-0.3, -0.25) is 0 Å². The van der Waals surface area contributed by atoms with Crippen molar-refractivity contribution in [2.75, 3.05) is 0 Å². The first-order chi connectivity index (χ1) is 5.69. The van der Waals surface area contributed by atoms with Gasteiger partial charge in [0.2, 0.25) is 0 Å². The van der Waals surface area contributed by atoms with Crippen molar-refractivity contribution in [2.24, 2.45) is 11.3 Å². The van der Waals surface area contributed by atoms with E-state index >= 15 is 0 Å². The van der Waals surface area contributed by atoms with Crippen molar-refractivity contribution in [1.29, 1.82) is 0 Å². The molecule has 0 spiro atoms. The van der Waals surface area contributed by atoms with Gasteiger partial charge in [0.1, 0.15) is 0 Å². The van der Waals surface area contributed by atoms with Gasteiger partial charge in [0.15, 0.2) is 0 Å². The van der Waals surface area contributed by atoms with Crippen LogP contribution < -0.4 is 0 Å². The normalized spacial score (nSPS) is 35.4. The van der Waals surface area contributed by atoms with Gasteiger partial charge in [-0.15, -0.1) is 0 Å². The molecule has 0 saturated heterocycles. The first-order valence-corrected chi connectivity index (χ1v) is 5.30. The average Bonchev–Trinajstić information content (AvgIpc) is 2.09. The number of rotatable bonds is 4. The number of allylic oxidation sites excluding steroid dienone is 2. The molecule has 0 N–H and O–H groups in total. The Bertz CT molecular complexity index is 157. The quantitative estimate of drug-likeness (QED) is 0.434. The van der Waals surface area contributed by atoms with Crippen LogP contribution >= 0.6 is 0 Å². The number of hydrogen-bond acceptors (Lipinski definition) is 0. The standard InChI is InChI=1S/C12H22/c1-4-5-6-7-9-12(3)10-8-11(12)2/h4-5,11H,6-10H2,1-3H3/b5-4+. The Morgan fingerprint density at radius 1 is 1.50 bits per heavy atom. The molecule has 0 aromatic heterocycles. The van der Waals surface area contributed by atoms with E-state index in [1.54, 1.807) is 0 Å². The number of hydrogen-bond donors (Lipinski definition) is 0. The second-order valence-electron chi connectivity index (χ2n) is 4.56. The summed E-state index contributed by atoms with van der Waals surface area (Å²) in [4.78, 5) is 0. The van der Waals surface area contributed by atoms with Gasteiger partial charge < -0.3 is 0 Å². The third-order valence-corrected chi connectivity index (χ3v) is 3.69. The lowest BCUT2D eigenvalue weighted by molar-refractivity contribution is 0.0534. The first kappa shape index (κ1) is 9.83. The molecule has 0 radical (unpaired) electrons. The van der Waals surface area contributed by atoms with Crippen LogP contribution in [0.25, 0.3) is 0 Å². The van der Waals surface area contributed by atoms with Gasteiger partial charge in [0.25, 0.3) is 0 Å².